The van der Waals surface area contributed by atoms with E-state index in [1.165, 1.54) is 95.5 Å². The Bertz CT molecular complexity index is 336. The molecule has 0 nitrogen and oxygen atoms in total. The highest BCUT2D eigenvalue weighted by atomic mass is 14.0. The van der Waals surface area contributed by atoms with Gasteiger partial charge in [-0.05, 0) is 30.9 Å². The average molecular weight is 302 g/mol. The van der Waals surface area contributed by atoms with Gasteiger partial charge in [0.1, 0.15) is 0 Å². The Hall–Kier alpha value is -0.780. The lowest BCUT2D eigenvalue weighted by Gasteiger charge is -2.04. The molecule has 22 heavy (non-hydrogen) atoms. The van der Waals surface area contributed by atoms with Crippen LogP contribution in [0.15, 0.2) is 24.3 Å². The largest absolute Gasteiger partial charge is 0.0654 e. The number of hydrogen-bond donors (Lipinski definition) is 0. The van der Waals surface area contributed by atoms with Gasteiger partial charge in [-0.15, -0.1) is 0 Å². The number of hydrogen-bond acceptors (Lipinski definition) is 0. The zero-order valence-corrected chi connectivity index (χ0v) is 14.9. The molecule has 0 aliphatic heterocycles. The third-order valence-electron chi connectivity index (χ3n) is 4.59. The van der Waals surface area contributed by atoms with Gasteiger partial charge in [-0.1, -0.05) is 108 Å². The molecule has 0 unspecified atom stereocenters. The summed E-state index contributed by atoms with van der Waals surface area (Å²) in [6.45, 7) is 6.22. The van der Waals surface area contributed by atoms with E-state index in [-0.39, 0.29) is 0 Å². The number of aryl methyl sites for hydroxylation is 1. The molecule has 1 aromatic carbocycles. The topological polar surface area (TPSA) is 0 Å². The van der Waals surface area contributed by atoms with Crippen molar-refractivity contribution in [3.63, 3.8) is 0 Å². The van der Waals surface area contributed by atoms with Crippen molar-refractivity contribution in [1.82, 2.24) is 0 Å². The maximum Gasteiger partial charge on any atom is -0.0238 e. The van der Waals surface area contributed by atoms with Crippen LogP contribution in [0.4, 0.5) is 0 Å². The lowest BCUT2D eigenvalue weighted by molar-refractivity contribution is 0.539. The van der Waals surface area contributed by atoms with Crippen LogP contribution in [0.3, 0.4) is 0 Å². The van der Waals surface area contributed by atoms with Crippen molar-refractivity contribution >= 4 is 0 Å². The van der Waals surface area contributed by atoms with E-state index in [9.17, 15) is 0 Å². The summed E-state index contributed by atoms with van der Waals surface area (Å²) in [5.41, 5.74) is 2.59. The summed E-state index contributed by atoms with van der Waals surface area (Å²) in [6.07, 6.45) is 19.8. The molecule has 125 valence electrons. The molecular formula is C22H37. The summed E-state index contributed by atoms with van der Waals surface area (Å²) in [4.78, 5) is 0. The van der Waals surface area contributed by atoms with E-state index in [2.05, 4.69) is 38.1 Å². The maximum absolute atomic E-state index is 3.93. The Morgan fingerprint density at radius 3 is 1.45 bits per heavy atom. The molecule has 1 radical (unpaired) electrons. The Morgan fingerprint density at radius 2 is 1.00 bits per heavy atom. The zero-order valence-electron chi connectivity index (χ0n) is 14.9. The molecular weight excluding hydrogens is 264 g/mol. The minimum absolute atomic E-state index is 1.12. The van der Waals surface area contributed by atoms with Crippen molar-refractivity contribution in [2.75, 3.05) is 0 Å². The average Bonchev–Trinajstić information content (AvgIpc) is 2.53. The van der Waals surface area contributed by atoms with Crippen LogP contribution >= 0.6 is 0 Å². The van der Waals surface area contributed by atoms with Gasteiger partial charge in [-0.3, -0.25) is 0 Å². The van der Waals surface area contributed by atoms with Gasteiger partial charge in [0.15, 0.2) is 0 Å². The SMILES string of the molecule is [CH2]c1ccc(CCCCCCCCCCCCCCC)cc1. The third-order valence-corrected chi connectivity index (χ3v) is 4.59. The molecule has 0 amide bonds. The van der Waals surface area contributed by atoms with E-state index in [4.69, 9.17) is 0 Å². The molecule has 0 atom stereocenters. The smallest absolute Gasteiger partial charge is 0.0238 e. The van der Waals surface area contributed by atoms with Crippen molar-refractivity contribution in [1.29, 1.82) is 0 Å². The first kappa shape index (κ1) is 19.3. The monoisotopic (exact) mass is 301 g/mol. The predicted octanol–water partition coefficient (Wildman–Crippen LogP) is 7.50. The summed E-state index contributed by atoms with van der Waals surface area (Å²) >= 11 is 0. The fourth-order valence-electron chi connectivity index (χ4n) is 3.05. The van der Waals surface area contributed by atoms with E-state index >= 15 is 0 Å². The Labute approximate surface area is 139 Å². The van der Waals surface area contributed by atoms with Gasteiger partial charge in [-0.25, -0.2) is 0 Å². The molecule has 0 N–H and O–H groups in total. The summed E-state index contributed by atoms with van der Waals surface area (Å²) in [5.74, 6) is 0. The molecule has 0 aromatic heterocycles. The molecule has 0 aliphatic carbocycles. The standard InChI is InChI=1S/C22H37/c1-3-4-5-6-7-8-9-10-11-12-13-14-15-16-22-19-17-21(2)18-20-22/h17-20H,2-16H2,1H3. The van der Waals surface area contributed by atoms with Gasteiger partial charge in [0.25, 0.3) is 0 Å². The number of unbranched alkanes of at least 4 members (excludes halogenated alkanes) is 12. The molecule has 0 heteroatoms. The quantitative estimate of drug-likeness (QED) is 0.312. The highest BCUT2D eigenvalue weighted by molar-refractivity contribution is 5.24. The van der Waals surface area contributed by atoms with Crippen LogP contribution < -0.4 is 0 Å². The summed E-state index contributed by atoms with van der Waals surface area (Å²) in [7, 11) is 0. The second-order valence-corrected chi connectivity index (χ2v) is 6.81. The molecule has 1 rings (SSSR count). The highest BCUT2D eigenvalue weighted by Gasteiger charge is 1.95. The molecule has 0 saturated heterocycles. The first-order valence-electron chi connectivity index (χ1n) is 9.74. The predicted molar refractivity (Wildman–Crippen MR) is 100 cm³/mol. The highest BCUT2D eigenvalue weighted by Crippen LogP contribution is 2.13. The van der Waals surface area contributed by atoms with Crippen LogP contribution in [-0.2, 0) is 6.42 Å². The second-order valence-electron chi connectivity index (χ2n) is 6.81. The molecule has 0 aliphatic rings. The van der Waals surface area contributed by atoms with E-state index in [1.54, 1.807) is 0 Å². The van der Waals surface area contributed by atoms with Gasteiger partial charge < -0.3 is 0 Å². The van der Waals surface area contributed by atoms with Crippen LogP contribution in [-0.4, -0.2) is 0 Å². The first-order valence-corrected chi connectivity index (χ1v) is 9.74. The minimum atomic E-state index is 1.12. The third kappa shape index (κ3) is 10.9. The van der Waals surface area contributed by atoms with Gasteiger partial charge in [0, 0.05) is 0 Å². The fraction of sp³-hybridized carbons (Fsp3) is 0.682. The Balaban J connectivity index is 1.79. The van der Waals surface area contributed by atoms with E-state index in [0.717, 1.165) is 5.56 Å². The molecule has 0 spiro atoms. The lowest BCUT2D eigenvalue weighted by atomic mass is 10.0. The minimum Gasteiger partial charge on any atom is -0.0654 e. The fourth-order valence-corrected chi connectivity index (χ4v) is 3.05. The van der Waals surface area contributed by atoms with Crippen molar-refractivity contribution in [2.24, 2.45) is 0 Å². The summed E-state index contributed by atoms with van der Waals surface area (Å²) in [5, 5.41) is 0. The van der Waals surface area contributed by atoms with Gasteiger partial charge in [0.2, 0.25) is 0 Å². The van der Waals surface area contributed by atoms with Crippen LogP contribution in [0, 0.1) is 6.92 Å². The van der Waals surface area contributed by atoms with Crippen molar-refractivity contribution in [3.05, 3.63) is 42.3 Å². The van der Waals surface area contributed by atoms with Crippen LogP contribution in [0.1, 0.15) is 102 Å². The maximum atomic E-state index is 3.93. The van der Waals surface area contributed by atoms with Crippen LogP contribution in [0.5, 0.6) is 0 Å². The van der Waals surface area contributed by atoms with Crippen molar-refractivity contribution < 1.29 is 0 Å². The molecule has 0 fully saturated rings. The van der Waals surface area contributed by atoms with Crippen LogP contribution in [0.2, 0.25) is 0 Å². The first-order chi connectivity index (χ1) is 10.8. The van der Waals surface area contributed by atoms with Crippen molar-refractivity contribution in [3.8, 4) is 0 Å². The molecule has 0 heterocycles. The second kappa shape index (κ2) is 13.9. The van der Waals surface area contributed by atoms with E-state index in [0.29, 0.717) is 0 Å². The van der Waals surface area contributed by atoms with Gasteiger partial charge in [0.05, 0.1) is 0 Å². The van der Waals surface area contributed by atoms with Gasteiger partial charge >= 0.3 is 0 Å². The summed E-state index contributed by atoms with van der Waals surface area (Å²) in [6, 6.07) is 8.70. The number of rotatable bonds is 14. The van der Waals surface area contributed by atoms with Gasteiger partial charge in [-0.2, -0.15) is 0 Å². The number of benzene rings is 1. The molecule has 1 aromatic rings. The van der Waals surface area contributed by atoms with Crippen molar-refractivity contribution in [2.45, 2.75) is 96.8 Å². The zero-order chi connectivity index (χ0) is 15.9. The molecule has 0 saturated carbocycles. The Kier molecular flexibility index (Phi) is 12.1. The van der Waals surface area contributed by atoms with E-state index in [1.807, 2.05) is 0 Å². The summed E-state index contributed by atoms with van der Waals surface area (Å²) < 4.78 is 0. The lowest BCUT2D eigenvalue weighted by Crippen LogP contribution is -1.87. The normalized spacial score (nSPS) is 11.0. The van der Waals surface area contributed by atoms with E-state index < -0.39 is 0 Å². The Morgan fingerprint density at radius 1 is 0.591 bits per heavy atom. The van der Waals surface area contributed by atoms with Crippen LogP contribution in [0.25, 0.3) is 0 Å². The molecule has 0 bridgehead atoms.